The van der Waals surface area contributed by atoms with Crippen LogP contribution in [0.25, 0.3) is 0 Å². The second kappa shape index (κ2) is 7.98. The largest absolute Gasteiger partial charge is 0.433 e. The molecule has 6 nitrogen and oxygen atoms in total. The fraction of sp³-hybridized carbons (Fsp3) is 0.733. The average molecular weight is 347 g/mol. The Hall–Kier alpha value is -1.61. The number of halogens is 3. The van der Waals surface area contributed by atoms with E-state index >= 15 is 0 Å². The molecular weight excluding hydrogens is 323 g/mol. The summed E-state index contributed by atoms with van der Waals surface area (Å²) in [4.78, 5) is 13.5. The van der Waals surface area contributed by atoms with E-state index in [1.54, 1.807) is 14.1 Å². The van der Waals surface area contributed by atoms with Crippen molar-refractivity contribution in [3.05, 3.63) is 11.8 Å². The van der Waals surface area contributed by atoms with Crippen molar-refractivity contribution in [1.29, 1.82) is 0 Å². The van der Waals surface area contributed by atoms with Crippen LogP contribution in [-0.4, -0.2) is 74.9 Å². The lowest BCUT2D eigenvalue weighted by atomic mass is 10.3. The highest BCUT2D eigenvalue weighted by Crippen LogP contribution is 2.31. The Balaban J connectivity index is 2.17. The van der Waals surface area contributed by atoms with Crippen LogP contribution in [0.1, 0.15) is 12.6 Å². The summed E-state index contributed by atoms with van der Waals surface area (Å²) < 4.78 is 44.6. The summed E-state index contributed by atoms with van der Waals surface area (Å²) in [5, 5.41) is 0. The fourth-order valence-corrected chi connectivity index (χ4v) is 2.45. The lowest BCUT2D eigenvalue weighted by Gasteiger charge is -2.30. The predicted molar refractivity (Wildman–Crippen MR) is 86.5 cm³/mol. The zero-order valence-electron chi connectivity index (χ0n) is 14.3. The van der Waals surface area contributed by atoms with E-state index in [9.17, 15) is 13.2 Å². The van der Waals surface area contributed by atoms with Gasteiger partial charge in [-0.3, -0.25) is 4.90 Å². The van der Waals surface area contributed by atoms with Gasteiger partial charge in [0.25, 0.3) is 0 Å². The van der Waals surface area contributed by atoms with Gasteiger partial charge in [0.1, 0.15) is 5.82 Å². The summed E-state index contributed by atoms with van der Waals surface area (Å²) in [6.07, 6.45) is -4.49. The summed E-state index contributed by atoms with van der Waals surface area (Å²) in [6.45, 7) is 6.94. The maximum absolute atomic E-state index is 13.1. The molecule has 0 radical (unpaired) electrons. The number of nitrogens with zero attached hydrogens (tertiary/aromatic N) is 5. The third kappa shape index (κ3) is 4.94. The van der Waals surface area contributed by atoms with E-state index in [4.69, 9.17) is 4.74 Å². The first-order chi connectivity index (χ1) is 11.3. The molecule has 2 heterocycles. The molecule has 0 saturated carbocycles. The molecule has 1 aliphatic rings. The molecular formula is C15H24F3N5O. The first-order valence-corrected chi connectivity index (χ1v) is 8.00. The summed E-state index contributed by atoms with van der Waals surface area (Å²) in [5.74, 6) is 0.362. The van der Waals surface area contributed by atoms with Crippen LogP contribution in [-0.2, 0) is 10.9 Å². The molecule has 0 aliphatic carbocycles. The standard InChI is InChI=1S/C15H24F3N5O/c1-4-23(6-5-22-7-9-24-10-8-22)13-11-12(15(16,17)18)19-14(20-13)21(2)3/h11H,4-10H2,1-3H3. The lowest BCUT2D eigenvalue weighted by Crippen LogP contribution is -2.41. The first kappa shape index (κ1) is 18.7. The van der Waals surface area contributed by atoms with Gasteiger partial charge in [-0.2, -0.15) is 18.2 Å². The number of alkyl halides is 3. The van der Waals surface area contributed by atoms with Crippen molar-refractivity contribution in [2.75, 3.05) is 69.8 Å². The van der Waals surface area contributed by atoms with Crippen molar-refractivity contribution in [2.24, 2.45) is 0 Å². The molecule has 1 fully saturated rings. The van der Waals surface area contributed by atoms with Crippen molar-refractivity contribution in [2.45, 2.75) is 13.1 Å². The van der Waals surface area contributed by atoms with Crippen LogP contribution in [0.2, 0.25) is 0 Å². The van der Waals surface area contributed by atoms with E-state index in [2.05, 4.69) is 14.9 Å². The number of ether oxygens (including phenoxy) is 1. The van der Waals surface area contributed by atoms with Crippen molar-refractivity contribution >= 4 is 11.8 Å². The zero-order valence-corrected chi connectivity index (χ0v) is 14.3. The predicted octanol–water partition coefficient (Wildman–Crippen LogP) is 1.72. The fourth-order valence-electron chi connectivity index (χ4n) is 2.45. The summed E-state index contributed by atoms with van der Waals surface area (Å²) in [7, 11) is 3.26. The molecule has 0 aromatic carbocycles. The second-order valence-electron chi connectivity index (χ2n) is 5.84. The Morgan fingerprint density at radius 2 is 1.88 bits per heavy atom. The molecule has 1 aromatic heterocycles. The van der Waals surface area contributed by atoms with Gasteiger partial charge in [-0.05, 0) is 6.92 Å². The zero-order chi connectivity index (χ0) is 17.7. The monoisotopic (exact) mass is 347 g/mol. The molecule has 0 spiro atoms. The number of morpholine rings is 1. The Bertz CT molecular complexity index is 532. The molecule has 0 N–H and O–H groups in total. The Morgan fingerprint density at radius 1 is 1.21 bits per heavy atom. The van der Waals surface area contributed by atoms with Gasteiger partial charge in [-0.15, -0.1) is 0 Å². The minimum Gasteiger partial charge on any atom is -0.379 e. The van der Waals surface area contributed by atoms with Crippen LogP contribution >= 0.6 is 0 Å². The molecule has 1 aromatic rings. The van der Waals surface area contributed by atoms with Crippen LogP contribution in [0.15, 0.2) is 6.07 Å². The molecule has 9 heteroatoms. The molecule has 2 rings (SSSR count). The molecule has 24 heavy (non-hydrogen) atoms. The molecule has 1 saturated heterocycles. The smallest absolute Gasteiger partial charge is 0.379 e. The van der Waals surface area contributed by atoms with Crippen LogP contribution < -0.4 is 9.80 Å². The number of anilines is 2. The quantitative estimate of drug-likeness (QED) is 0.781. The minimum atomic E-state index is -4.49. The van der Waals surface area contributed by atoms with E-state index in [0.29, 0.717) is 32.1 Å². The van der Waals surface area contributed by atoms with Gasteiger partial charge in [0.2, 0.25) is 5.95 Å². The van der Waals surface area contributed by atoms with Crippen molar-refractivity contribution in [3.63, 3.8) is 0 Å². The van der Waals surface area contributed by atoms with Crippen LogP contribution in [0, 0.1) is 0 Å². The van der Waals surface area contributed by atoms with E-state index in [-0.39, 0.29) is 5.95 Å². The Labute approximate surface area is 140 Å². The van der Waals surface area contributed by atoms with E-state index < -0.39 is 11.9 Å². The molecule has 0 atom stereocenters. The number of rotatable bonds is 6. The molecule has 0 unspecified atom stereocenters. The average Bonchev–Trinajstić information content (AvgIpc) is 2.55. The van der Waals surface area contributed by atoms with Crippen molar-refractivity contribution in [1.82, 2.24) is 14.9 Å². The second-order valence-corrected chi connectivity index (χ2v) is 5.84. The molecule has 0 bridgehead atoms. The number of aromatic nitrogens is 2. The van der Waals surface area contributed by atoms with E-state index in [1.807, 2.05) is 11.8 Å². The van der Waals surface area contributed by atoms with Crippen LogP contribution in [0.4, 0.5) is 24.9 Å². The number of hydrogen-bond donors (Lipinski definition) is 0. The normalized spacial score (nSPS) is 16.2. The highest BCUT2D eigenvalue weighted by atomic mass is 19.4. The summed E-state index contributed by atoms with van der Waals surface area (Å²) in [6, 6.07) is 1.02. The Kier molecular flexibility index (Phi) is 6.22. The topological polar surface area (TPSA) is 44.7 Å². The van der Waals surface area contributed by atoms with Crippen LogP contribution in [0.3, 0.4) is 0 Å². The first-order valence-electron chi connectivity index (χ1n) is 8.00. The van der Waals surface area contributed by atoms with Crippen molar-refractivity contribution in [3.8, 4) is 0 Å². The lowest BCUT2D eigenvalue weighted by molar-refractivity contribution is -0.141. The van der Waals surface area contributed by atoms with Gasteiger partial charge < -0.3 is 14.5 Å². The van der Waals surface area contributed by atoms with Gasteiger partial charge in [-0.25, -0.2) is 4.98 Å². The molecule has 1 aliphatic heterocycles. The number of hydrogen-bond acceptors (Lipinski definition) is 6. The van der Waals surface area contributed by atoms with Gasteiger partial charge in [0.15, 0.2) is 5.69 Å². The van der Waals surface area contributed by atoms with Gasteiger partial charge in [-0.1, -0.05) is 0 Å². The SMILES string of the molecule is CCN(CCN1CCOCC1)c1cc(C(F)(F)F)nc(N(C)C)n1. The van der Waals surface area contributed by atoms with Crippen molar-refractivity contribution < 1.29 is 17.9 Å². The minimum absolute atomic E-state index is 0.0599. The van der Waals surface area contributed by atoms with Gasteiger partial charge >= 0.3 is 6.18 Å². The Morgan fingerprint density at radius 3 is 2.42 bits per heavy atom. The summed E-state index contributed by atoms with van der Waals surface area (Å²) >= 11 is 0. The van der Waals surface area contributed by atoms with Gasteiger partial charge in [0, 0.05) is 52.9 Å². The highest BCUT2D eigenvalue weighted by Gasteiger charge is 2.34. The molecule has 0 amide bonds. The summed E-state index contributed by atoms with van der Waals surface area (Å²) in [5.41, 5.74) is -0.916. The highest BCUT2D eigenvalue weighted by molar-refractivity contribution is 5.46. The maximum Gasteiger partial charge on any atom is 0.433 e. The van der Waals surface area contributed by atoms with E-state index in [0.717, 1.165) is 25.7 Å². The third-order valence-corrected chi connectivity index (χ3v) is 3.89. The van der Waals surface area contributed by atoms with Crippen LogP contribution in [0.5, 0.6) is 0 Å². The van der Waals surface area contributed by atoms with E-state index in [1.165, 1.54) is 4.90 Å². The maximum atomic E-state index is 13.1. The number of likely N-dealkylation sites (N-methyl/N-ethyl adjacent to an activating group) is 1. The van der Waals surface area contributed by atoms with Gasteiger partial charge in [0.05, 0.1) is 13.2 Å². The third-order valence-electron chi connectivity index (χ3n) is 3.89. The molecule has 136 valence electrons.